The van der Waals surface area contributed by atoms with Crippen molar-refractivity contribution in [3.8, 4) is 12.3 Å². The average molecular weight is 230 g/mol. The van der Waals surface area contributed by atoms with Gasteiger partial charge in [-0.25, -0.2) is 0 Å². The lowest BCUT2D eigenvalue weighted by molar-refractivity contribution is -0.116. The molecule has 0 spiro atoms. The molecule has 3 heteroatoms. The molecular weight excluding hydrogens is 218 g/mol. The van der Waals surface area contributed by atoms with Crippen molar-refractivity contribution in [3.05, 3.63) is 12.2 Å². The fraction of sp³-hybridized carbons (Fsp3) is 0.444. The zero-order valence-corrected chi connectivity index (χ0v) is 8.43. The number of carbonyl (C=O) groups excluding carboxylic acids is 1. The highest BCUT2D eigenvalue weighted by Crippen LogP contribution is 1.84. The first-order valence-electron chi connectivity index (χ1n) is 3.75. The molecule has 0 aliphatic carbocycles. The van der Waals surface area contributed by atoms with Crippen molar-refractivity contribution in [2.45, 2.75) is 12.8 Å². The molecule has 0 saturated carbocycles. The molecule has 12 heavy (non-hydrogen) atoms. The number of unbranched alkanes of at least 4 members (excludes halogenated alkanes) is 1. The normalized spacial score (nSPS) is 9.67. The number of alkyl halides is 1. The van der Waals surface area contributed by atoms with E-state index in [1.165, 1.54) is 6.08 Å². The van der Waals surface area contributed by atoms with Gasteiger partial charge < -0.3 is 5.32 Å². The summed E-state index contributed by atoms with van der Waals surface area (Å²) in [5.74, 6) is 2.44. The van der Waals surface area contributed by atoms with Crippen molar-refractivity contribution in [2.75, 3.05) is 11.9 Å². The van der Waals surface area contributed by atoms with Gasteiger partial charge in [-0.2, -0.15) is 0 Å². The summed E-state index contributed by atoms with van der Waals surface area (Å²) in [6.45, 7) is 0.648. The van der Waals surface area contributed by atoms with Crippen LogP contribution in [-0.2, 0) is 4.79 Å². The number of halogens is 1. The van der Waals surface area contributed by atoms with Crippen LogP contribution in [0.2, 0.25) is 0 Å². The quantitative estimate of drug-likeness (QED) is 0.329. The molecule has 0 rings (SSSR count). The van der Waals surface area contributed by atoms with Gasteiger partial charge in [0.1, 0.15) is 0 Å². The molecule has 0 unspecified atom stereocenters. The molecule has 0 bridgehead atoms. The zero-order valence-electron chi connectivity index (χ0n) is 6.85. The molecule has 0 heterocycles. The summed E-state index contributed by atoms with van der Waals surface area (Å²) in [5, 5.41) is 3.41. The highest BCUT2D eigenvalue weighted by Gasteiger charge is 1.91. The van der Waals surface area contributed by atoms with Crippen LogP contribution in [0.15, 0.2) is 12.2 Å². The van der Waals surface area contributed by atoms with E-state index in [1.54, 1.807) is 6.08 Å². The Morgan fingerprint density at radius 1 is 1.67 bits per heavy atom. The van der Waals surface area contributed by atoms with E-state index >= 15 is 0 Å². The van der Waals surface area contributed by atoms with Crippen LogP contribution in [0, 0.1) is 12.3 Å². The Bertz CT molecular complexity index is 193. The number of rotatable bonds is 5. The predicted molar refractivity (Wildman–Crippen MR) is 54.0 cm³/mol. The van der Waals surface area contributed by atoms with Crippen LogP contribution >= 0.6 is 15.9 Å². The van der Waals surface area contributed by atoms with Gasteiger partial charge in [0.25, 0.3) is 0 Å². The third-order valence-electron chi connectivity index (χ3n) is 1.16. The molecule has 0 saturated heterocycles. The fourth-order valence-corrected chi connectivity index (χ4v) is 0.799. The van der Waals surface area contributed by atoms with Crippen molar-refractivity contribution in [2.24, 2.45) is 0 Å². The molecule has 0 fully saturated rings. The van der Waals surface area contributed by atoms with E-state index in [0.717, 1.165) is 6.42 Å². The van der Waals surface area contributed by atoms with Gasteiger partial charge in [0.2, 0.25) is 5.91 Å². The third-order valence-corrected chi connectivity index (χ3v) is 1.53. The maximum absolute atomic E-state index is 10.9. The summed E-state index contributed by atoms with van der Waals surface area (Å²) in [7, 11) is 0. The lowest BCUT2D eigenvalue weighted by atomic mass is 10.3. The molecule has 1 amide bonds. The lowest BCUT2D eigenvalue weighted by Gasteiger charge is -1.97. The Morgan fingerprint density at radius 3 is 3.00 bits per heavy atom. The van der Waals surface area contributed by atoms with Gasteiger partial charge in [0.05, 0.1) is 0 Å². The third kappa shape index (κ3) is 7.36. The van der Waals surface area contributed by atoms with Crippen molar-refractivity contribution in [1.29, 1.82) is 0 Å². The Kier molecular flexibility index (Phi) is 7.83. The second-order valence-corrected chi connectivity index (χ2v) is 2.80. The first-order valence-corrected chi connectivity index (χ1v) is 4.87. The summed E-state index contributed by atoms with van der Waals surface area (Å²) in [6, 6.07) is 0. The van der Waals surface area contributed by atoms with E-state index in [9.17, 15) is 4.79 Å². The first kappa shape index (κ1) is 11.2. The van der Waals surface area contributed by atoms with Gasteiger partial charge in [-0.3, -0.25) is 4.79 Å². The molecule has 0 aliphatic heterocycles. The van der Waals surface area contributed by atoms with Crippen molar-refractivity contribution >= 4 is 21.8 Å². The SMILES string of the molecule is C#CCCCNC(=O)/C=C/CBr. The van der Waals surface area contributed by atoms with Gasteiger partial charge in [0, 0.05) is 18.3 Å². The topological polar surface area (TPSA) is 29.1 Å². The van der Waals surface area contributed by atoms with Crippen LogP contribution in [0.4, 0.5) is 0 Å². The van der Waals surface area contributed by atoms with E-state index in [0.29, 0.717) is 18.3 Å². The van der Waals surface area contributed by atoms with E-state index in [2.05, 4.69) is 27.2 Å². The number of amides is 1. The number of allylic oxidation sites excluding steroid dienone is 1. The number of terminal acetylenes is 1. The summed E-state index contributed by atoms with van der Waals surface area (Å²) in [6.07, 6.45) is 9.84. The van der Waals surface area contributed by atoms with Crippen LogP contribution in [0.1, 0.15) is 12.8 Å². The van der Waals surface area contributed by atoms with Gasteiger partial charge >= 0.3 is 0 Å². The highest BCUT2D eigenvalue weighted by molar-refractivity contribution is 9.09. The van der Waals surface area contributed by atoms with E-state index in [1.807, 2.05) is 0 Å². The number of hydrogen-bond donors (Lipinski definition) is 1. The molecule has 1 N–H and O–H groups in total. The summed E-state index contributed by atoms with van der Waals surface area (Å²) in [5.41, 5.74) is 0. The van der Waals surface area contributed by atoms with Crippen molar-refractivity contribution in [3.63, 3.8) is 0 Å². The molecule has 0 radical (unpaired) electrons. The van der Waals surface area contributed by atoms with E-state index in [-0.39, 0.29) is 5.91 Å². The molecule has 0 aromatic carbocycles. The van der Waals surface area contributed by atoms with E-state index < -0.39 is 0 Å². The largest absolute Gasteiger partial charge is 0.353 e. The van der Waals surface area contributed by atoms with Gasteiger partial charge in [-0.1, -0.05) is 22.0 Å². The summed E-state index contributed by atoms with van der Waals surface area (Å²) < 4.78 is 0. The number of hydrogen-bond acceptors (Lipinski definition) is 1. The Labute approximate surface area is 81.5 Å². The minimum atomic E-state index is -0.0635. The zero-order chi connectivity index (χ0) is 9.23. The Morgan fingerprint density at radius 2 is 2.42 bits per heavy atom. The molecule has 0 aromatic heterocycles. The maximum atomic E-state index is 10.9. The van der Waals surface area contributed by atoms with Crippen LogP contribution in [0.25, 0.3) is 0 Å². The molecule has 2 nitrogen and oxygen atoms in total. The van der Waals surface area contributed by atoms with Gasteiger partial charge in [0.15, 0.2) is 0 Å². The predicted octanol–water partition coefficient (Wildman–Crippen LogP) is 1.47. The van der Waals surface area contributed by atoms with Crippen molar-refractivity contribution < 1.29 is 4.79 Å². The second-order valence-electron chi connectivity index (χ2n) is 2.16. The summed E-state index contributed by atoms with van der Waals surface area (Å²) in [4.78, 5) is 10.9. The van der Waals surface area contributed by atoms with Crippen LogP contribution in [-0.4, -0.2) is 17.8 Å². The van der Waals surface area contributed by atoms with Crippen molar-refractivity contribution in [1.82, 2.24) is 5.32 Å². The van der Waals surface area contributed by atoms with Gasteiger partial charge in [-0.15, -0.1) is 12.3 Å². The number of nitrogens with one attached hydrogen (secondary N) is 1. The standard InChI is InChI=1S/C9H12BrNO/c1-2-3-4-8-11-9(12)6-5-7-10/h1,5-6H,3-4,7-8H2,(H,11,12)/b6-5+. The fourth-order valence-electron chi connectivity index (χ4n) is 0.613. The molecule has 0 atom stereocenters. The Hall–Kier alpha value is -0.750. The number of carbonyl (C=O) groups is 1. The summed E-state index contributed by atoms with van der Waals surface area (Å²) >= 11 is 3.18. The molecule has 66 valence electrons. The van der Waals surface area contributed by atoms with Crippen LogP contribution in [0.3, 0.4) is 0 Å². The van der Waals surface area contributed by atoms with Gasteiger partial charge in [-0.05, 0) is 12.5 Å². The average Bonchev–Trinajstić information content (AvgIpc) is 2.09. The smallest absolute Gasteiger partial charge is 0.243 e. The highest BCUT2D eigenvalue weighted by atomic mass is 79.9. The monoisotopic (exact) mass is 229 g/mol. The minimum Gasteiger partial charge on any atom is -0.353 e. The van der Waals surface area contributed by atoms with Crippen LogP contribution < -0.4 is 5.32 Å². The molecule has 0 aliphatic rings. The van der Waals surface area contributed by atoms with Crippen LogP contribution in [0.5, 0.6) is 0 Å². The molecular formula is C9H12BrNO. The Balaban J connectivity index is 3.33. The molecule has 0 aromatic rings. The first-order chi connectivity index (χ1) is 5.81. The maximum Gasteiger partial charge on any atom is 0.243 e. The lowest BCUT2D eigenvalue weighted by Crippen LogP contribution is -2.21. The minimum absolute atomic E-state index is 0.0635. The van der Waals surface area contributed by atoms with E-state index in [4.69, 9.17) is 6.42 Å². The second kappa shape index (κ2) is 8.35.